The van der Waals surface area contributed by atoms with Crippen LogP contribution in [0.2, 0.25) is 0 Å². The van der Waals surface area contributed by atoms with Crippen molar-refractivity contribution in [1.29, 1.82) is 0 Å². The van der Waals surface area contributed by atoms with Crippen LogP contribution in [-0.4, -0.2) is 18.4 Å². The van der Waals surface area contributed by atoms with Gasteiger partial charge in [0.05, 0.1) is 6.54 Å². The predicted octanol–water partition coefficient (Wildman–Crippen LogP) is 4.17. The molecular weight excluding hydrogens is 344 g/mol. The highest BCUT2D eigenvalue weighted by molar-refractivity contribution is 7.99. The molecular formula is C21H24N2O2S. The molecule has 2 amide bonds. The molecule has 0 spiro atoms. The molecule has 1 fully saturated rings. The first-order valence-electron chi connectivity index (χ1n) is 8.85. The Morgan fingerprint density at radius 3 is 2.31 bits per heavy atom. The molecule has 1 aliphatic carbocycles. The number of rotatable bonds is 6. The van der Waals surface area contributed by atoms with Gasteiger partial charge in [-0.2, -0.15) is 0 Å². The van der Waals surface area contributed by atoms with Crippen LogP contribution in [0.3, 0.4) is 0 Å². The third-order valence-corrected chi connectivity index (χ3v) is 5.72. The highest BCUT2D eigenvalue weighted by atomic mass is 32.2. The number of hydrogen-bond donors (Lipinski definition) is 2. The second-order valence-corrected chi connectivity index (χ2v) is 8.10. The van der Waals surface area contributed by atoms with E-state index < -0.39 is 0 Å². The molecule has 2 aromatic carbocycles. The summed E-state index contributed by atoms with van der Waals surface area (Å²) < 4.78 is 0. The maximum Gasteiger partial charge on any atom is 0.243 e. The molecule has 26 heavy (non-hydrogen) atoms. The fourth-order valence-electron chi connectivity index (χ4n) is 2.71. The zero-order valence-electron chi connectivity index (χ0n) is 15.3. The van der Waals surface area contributed by atoms with Gasteiger partial charge in [-0.3, -0.25) is 9.59 Å². The largest absolute Gasteiger partial charge is 0.347 e. The maximum absolute atomic E-state index is 12.0. The van der Waals surface area contributed by atoms with Gasteiger partial charge in [0, 0.05) is 21.4 Å². The summed E-state index contributed by atoms with van der Waals surface area (Å²) in [7, 11) is 0. The van der Waals surface area contributed by atoms with E-state index in [0.717, 1.165) is 17.0 Å². The first-order chi connectivity index (χ1) is 12.4. The van der Waals surface area contributed by atoms with Crippen LogP contribution in [0.4, 0.5) is 5.69 Å². The van der Waals surface area contributed by atoms with Crippen molar-refractivity contribution >= 4 is 29.3 Å². The normalized spacial score (nSPS) is 18.3. The second kappa shape index (κ2) is 7.96. The van der Waals surface area contributed by atoms with Gasteiger partial charge in [0.25, 0.3) is 0 Å². The highest BCUT2D eigenvalue weighted by Crippen LogP contribution is 2.37. The molecule has 1 saturated carbocycles. The molecule has 0 aliphatic heterocycles. The summed E-state index contributed by atoms with van der Waals surface area (Å²) in [6.45, 7) is 6.28. The van der Waals surface area contributed by atoms with Crippen LogP contribution < -0.4 is 10.6 Å². The highest BCUT2D eigenvalue weighted by Gasteiger charge is 2.38. The number of hydrogen-bond acceptors (Lipinski definition) is 3. The van der Waals surface area contributed by atoms with E-state index in [0.29, 0.717) is 5.92 Å². The van der Waals surface area contributed by atoms with E-state index >= 15 is 0 Å². The number of aryl methyl sites for hydroxylation is 2. The van der Waals surface area contributed by atoms with E-state index in [4.69, 9.17) is 0 Å². The third-order valence-electron chi connectivity index (χ3n) is 4.72. The molecule has 0 saturated heterocycles. The van der Waals surface area contributed by atoms with E-state index in [2.05, 4.69) is 42.7 Å². The summed E-state index contributed by atoms with van der Waals surface area (Å²) in [6, 6.07) is 14.2. The zero-order chi connectivity index (χ0) is 18.7. The van der Waals surface area contributed by atoms with Gasteiger partial charge in [0.1, 0.15) is 0 Å². The van der Waals surface area contributed by atoms with Gasteiger partial charge in [-0.1, -0.05) is 24.8 Å². The topological polar surface area (TPSA) is 58.2 Å². The van der Waals surface area contributed by atoms with Crippen LogP contribution in [0.25, 0.3) is 0 Å². The molecule has 0 heterocycles. The number of nitrogens with one attached hydrogen (secondary N) is 2. The van der Waals surface area contributed by atoms with Crippen molar-refractivity contribution in [2.45, 2.75) is 37.0 Å². The van der Waals surface area contributed by atoms with Gasteiger partial charge in [-0.25, -0.2) is 0 Å². The second-order valence-electron chi connectivity index (χ2n) is 6.96. The van der Waals surface area contributed by atoms with Crippen molar-refractivity contribution in [2.75, 3.05) is 11.9 Å². The van der Waals surface area contributed by atoms with E-state index in [-0.39, 0.29) is 24.3 Å². The standard InChI is InChI=1S/C21H24N2O2S/c1-13-4-7-18(10-14(13)2)26-17-8-5-16(6-9-17)23-20(24)12-22-21(25)19-11-15(19)3/h4-10,15,19H,11-12H2,1-3H3,(H,22,25)(H,23,24)/t15-,19+/m1/s1. The van der Waals surface area contributed by atoms with E-state index in [1.807, 2.05) is 31.2 Å². The van der Waals surface area contributed by atoms with Crippen molar-refractivity contribution < 1.29 is 9.59 Å². The Hall–Kier alpha value is -2.27. The third kappa shape index (κ3) is 4.88. The Morgan fingerprint density at radius 1 is 1.04 bits per heavy atom. The molecule has 0 unspecified atom stereocenters. The molecule has 0 aromatic heterocycles. The number of anilines is 1. The molecule has 0 bridgehead atoms. The van der Waals surface area contributed by atoms with Gasteiger partial charge >= 0.3 is 0 Å². The summed E-state index contributed by atoms with van der Waals surface area (Å²) in [5.74, 6) is 0.305. The molecule has 2 N–H and O–H groups in total. The van der Waals surface area contributed by atoms with Crippen molar-refractivity contribution in [3.05, 3.63) is 53.6 Å². The Morgan fingerprint density at radius 2 is 1.69 bits per heavy atom. The van der Waals surface area contributed by atoms with Gasteiger partial charge in [-0.15, -0.1) is 0 Å². The number of amides is 2. The van der Waals surface area contributed by atoms with Gasteiger partial charge in [0.2, 0.25) is 11.8 Å². The van der Waals surface area contributed by atoms with Gasteiger partial charge in [0.15, 0.2) is 0 Å². The first kappa shape index (κ1) is 18.5. The molecule has 0 radical (unpaired) electrons. The summed E-state index contributed by atoms with van der Waals surface area (Å²) in [5, 5.41) is 5.51. The molecule has 2 aromatic rings. The predicted molar refractivity (Wildman–Crippen MR) is 105 cm³/mol. The minimum absolute atomic E-state index is 0.0151. The lowest BCUT2D eigenvalue weighted by Gasteiger charge is -2.08. The lowest BCUT2D eigenvalue weighted by molar-refractivity contribution is -0.125. The molecule has 136 valence electrons. The van der Waals surface area contributed by atoms with Crippen molar-refractivity contribution in [2.24, 2.45) is 11.8 Å². The Kier molecular flexibility index (Phi) is 5.67. The summed E-state index contributed by atoms with van der Waals surface area (Å²) >= 11 is 1.69. The van der Waals surface area contributed by atoms with Gasteiger partial charge < -0.3 is 10.6 Å². The number of benzene rings is 2. The number of carbonyl (C=O) groups excluding carboxylic acids is 2. The Labute approximate surface area is 158 Å². The SMILES string of the molecule is Cc1ccc(Sc2ccc(NC(=O)CNC(=O)[C@H]3C[C@H]3C)cc2)cc1C. The van der Waals surface area contributed by atoms with Gasteiger partial charge in [-0.05, 0) is 73.7 Å². The first-order valence-corrected chi connectivity index (χ1v) is 9.67. The minimum Gasteiger partial charge on any atom is -0.347 e. The van der Waals surface area contributed by atoms with Crippen molar-refractivity contribution in [3.8, 4) is 0 Å². The molecule has 1 aliphatic rings. The smallest absolute Gasteiger partial charge is 0.243 e. The van der Waals surface area contributed by atoms with Crippen LogP contribution in [0.15, 0.2) is 52.3 Å². The van der Waals surface area contributed by atoms with Crippen LogP contribution in [0, 0.1) is 25.7 Å². The Balaban J connectivity index is 1.49. The van der Waals surface area contributed by atoms with E-state index in [1.54, 1.807) is 11.8 Å². The van der Waals surface area contributed by atoms with E-state index in [1.165, 1.54) is 16.0 Å². The molecule has 2 atom stereocenters. The minimum atomic E-state index is -0.207. The fourth-order valence-corrected chi connectivity index (χ4v) is 3.63. The summed E-state index contributed by atoms with van der Waals surface area (Å²) in [4.78, 5) is 26.0. The van der Waals surface area contributed by atoms with Crippen LogP contribution >= 0.6 is 11.8 Å². The Bertz CT molecular complexity index is 817. The zero-order valence-corrected chi connectivity index (χ0v) is 16.2. The molecule has 5 heteroatoms. The fraction of sp³-hybridized carbons (Fsp3) is 0.333. The number of carbonyl (C=O) groups is 2. The quantitative estimate of drug-likeness (QED) is 0.805. The lowest BCUT2D eigenvalue weighted by atomic mass is 10.1. The van der Waals surface area contributed by atoms with Crippen LogP contribution in [0.1, 0.15) is 24.5 Å². The average molecular weight is 369 g/mol. The van der Waals surface area contributed by atoms with Crippen molar-refractivity contribution in [1.82, 2.24) is 5.32 Å². The van der Waals surface area contributed by atoms with E-state index in [9.17, 15) is 9.59 Å². The maximum atomic E-state index is 12.0. The lowest BCUT2D eigenvalue weighted by Crippen LogP contribution is -2.34. The average Bonchev–Trinajstić information content (AvgIpc) is 3.35. The van der Waals surface area contributed by atoms with Crippen LogP contribution in [-0.2, 0) is 9.59 Å². The summed E-state index contributed by atoms with van der Waals surface area (Å²) in [5.41, 5.74) is 3.30. The van der Waals surface area contributed by atoms with Crippen LogP contribution in [0.5, 0.6) is 0 Å². The summed E-state index contributed by atoms with van der Waals surface area (Å²) in [6.07, 6.45) is 0.924. The monoisotopic (exact) mass is 368 g/mol. The molecule has 3 rings (SSSR count). The molecule has 4 nitrogen and oxygen atoms in total. The van der Waals surface area contributed by atoms with Crippen molar-refractivity contribution in [3.63, 3.8) is 0 Å².